The van der Waals surface area contributed by atoms with Crippen molar-refractivity contribution < 1.29 is 4.79 Å². The van der Waals surface area contributed by atoms with Crippen LogP contribution in [0.3, 0.4) is 0 Å². The molecule has 1 aliphatic rings. The second-order valence-corrected chi connectivity index (χ2v) is 7.91. The summed E-state index contributed by atoms with van der Waals surface area (Å²) < 4.78 is 0. The average Bonchev–Trinajstić information content (AvgIpc) is 2.92. The van der Waals surface area contributed by atoms with Gasteiger partial charge in [0.1, 0.15) is 0 Å². The Morgan fingerprint density at radius 2 is 2.12 bits per heavy atom. The number of likely N-dealkylation sites (tertiary alicyclic amines) is 1. The molecule has 1 aliphatic heterocycles. The van der Waals surface area contributed by atoms with E-state index in [1.165, 1.54) is 9.88 Å². The molecule has 0 bridgehead atoms. The highest BCUT2D eigenvalue weighted by Crippen LogP contribution is 2.32. The van der Waals surface area contributed by atoms with Crippen LogP contribution in [0.2, 0.25) is 5.02 Å². The summed E-state index contributed by atoms with van der Waals surface area (Å²) in [7, 11) is 0. The second-order valence-electron chi connectivity index (χ2n) is 6.24. The molecule has 2 aromatic rings. The van der Waals surface area contributed by atoms with Gasteiger partial charge in [-0.15, -0.1) is 11.3 Å². The molecule has 6 heteroatoms. The molecule has 4 nitrogen and oxygen atoms in total. The largest absolute Gasteiger partial charge is 0.334 e. The maximum atomic E-state index is 12.3. The van der Waals surface area contributed by atoms with Gasteiger partial charge in [0.15, 0.2) is 0 Å². The standard InChI is InChI=1S/C18H22ClN3OS/c1-12-13(2)24-17(21-12)15-6-8-22(9-7-15)18(23)20-11-14-4-3-5-16(19)10-14/h3-5,10,15H,6-9,11H2,1-2H3,(H,20,23). The first-order valence-corrected chi connectivity index (χ1v) is 9.43. The van der Waals surface area contributed by atoms with Gasteiger partial charge in [0.2, 0.25) is 0 Å². The summed E-state index contributed by atoms with van der Waals surface area (Å²) >= 11 is 7.76. The van der Waals surface area contributed by atoms with Crippen LogP contribution in [0.1, 0.15) is 39.9 Å². The lowest BCUT2D eigenvalue weighted by atomic mass is 9.98. The minimum absolute atomic E-state index is 0.0000691. The maximum Gasteiger partial charge on any atom is 0.317 e. The Morgan fingerprint density at radius 3 is 2.75 bits per heavy atom. The molecule has 1 fully saturated rings. The fraction of sp³-hybridized carbons (Fsp3) is 0.444. The van der Waals surface area contributed by atoms with Gasteiger partial charge in [0.05, 0.1) is 10.7 Å². The van der Waals surface area contributed by atoms with Crippen molar-refractivity contribution in [1.82, 2.24) is 15.2 Å². The predicted molar refractivity (Wildman–Crippen MR) is 98.8 cm³/mol. The second kappa shape index (κ2) is 7.53. The quantitative estimate of drug-likeness (QED) is 0.872. The third-order valence-corrected chi connectivity index (χ3v) is 5.98. The van der Waals surface area contributed by atoms with Gasteiger partial charge in [0.25, 0.3) is 0 Å². The van der Waals surface area contributed by atoms with E-state index in [1.54, 1.807) is 11.3 Å². The summed E-state index contributed by atoms with van der Waals surface area (Å²) in [6.45, 7) is 6.25. The van der Waals surface area contributed by atoms with Crippen molar-refractivity contribution in [3.8, 4) is 0 Å². The molecule has 1 saturated heterocycles. The Balaban J connectivity index is 1.50. The van der Waals surface area contributed by atoms with Crippen LogP contribution >= 0.6 is 22.9 Å². The Morgan fingerprint density at radius 1 is 1.38 bits per heavy atom. The van der Waals surface area contributed by atoms with E-state index in [0.29, 0.717) is 17.5 Å². The number of hydrogen-bond acceptors (Lipinski definition) is 3. The van der Waals surface area contributed by atoms with Crippen LogP contribution < -0.4 is 5.32 Å². The zero-order valence-electron chi connectivity index (χ0n) is 14.0. The molecular weight excluding hydrogens is 342 g/mol. The fourth-order valence-electron chi connectivity index (χ4n) is 2.94. The molecule has 0 radical (unpaired) electrons. The van der Waals surface area contributed by atoms with E-state index in [0.717, 1.165) is 37.2 Å². The number of piperidine rings is 1. The molecule has 1 aromatic carbocycles. The number of hydrogen-bond donors (Lipinski definition) is 1. The zero-order valence-corrected chi connectivity index (χ0v) is 15.6. The first-order valence-electron chi connectivity index (χ1n) is 8.24. The minimum atomic E-state index is -0.0000691. The van der Waals surface area contributed by atoms with Crippen molar-refractivity contribution in [2.45, 2.75) is 39.2 Å². The third kappa shape index (κ3) is 4.08. The fourth-order valence-corrected chi connectivity index (χ4v) is 4.24. The van der Waals surface area contributed by atoms with Crippen LogP contribution in [0.5, 0.6) is 0 Å². The first kappa shape index (κ1) is 17.2. The predicted octanol–water partition coefficient (Wildman–Crippen LogP) is 4.50. The van der Waals surface area contributed by atoms with Crippen molar-refractivity contribution >= 4 is 29.0 Å². The SMILES string of the molecule is Cc1nc(C2CCN(C(=O)NCc3cccc(Cl)c3)CC2)sc1C. The number of urea groups is 1. The van der Waals surface area contributed by atoms with Gasteiger partial charge in [-0.2, -0.15) is 0 Å². The molecule has 2 amide bonds. The van der Waals surface area contributed by atoms with Crippen LogP contribution in [0.4, 0.5) is 4.79 Å². The minimum Gasteiger partial charge on any atom is -0.334 e. The van der Waals surface area contributed by atoms with E-state index in [1.807, 2.05) is 29.2 Å². The van der Waals surface area contributed by atoms with Gasteiger partial charge in [0, 0.05) is 35.5 Å². The van der Waals surface area contributed by atoms with Gasteiger partial charge in [-0.3, -0.25) is 0 Å². The number of benzene rings is 1. The Bertz CT molecular complexity index is 703. The van der Waals surface area contributed by atoms with E-state index < -0.39 is 0 Å². The lowest BCUT2D eigenvalue weighted by molar-refractivity contribution is 0.181. The monoisotopic (exact) mass is 363 g/mol. The number of nitrogens with one attached hydrogen (secondary N) is 1. The smallest absolute Gasteiger partial charge is 0.317 e. The summed E-state index contributed by atoms with van der Waals surface area (Å²) in [5, 5.41) is 4.90. The number of rotatable bonds is 3. The number of nitrogens with zero attached hydrogens (tertiary/aromatic N) is 2. The van der Waals surface area contributed by atoms with E-state index in [2.05, 4.69) is 24.1 Å². The van der Waals surface area contributed by atoms with Crippen LogP contribution in [-0.4, -0.2) is 29.0 Å². The highest BCUT2D eigenvalue weighted by atomic mass is 35.5. The van der Waals surface area contributed by atoms with Crippen LogP contribution in [0.25, 0.3) is 0 Å². The van der Waals surface area contributed by atoms with Gasteiger partial charge in [-0.1, -0.05) is 23.7 Å². The lowest BCUT2D eigenvalue weighted by Gasteiger charge is -2.31. The summed E-state index contributed by atoms with van der Waals surface area (Å²) in [6.07, 6.45) is 1.97. The van der Waals surface area contributed by atoms with Crippen molar-refractivity contribution in [1.29, 1.82) is 0 Å². The molecule has 1 aromatic heterocycles. The van der Waals surface area contributed by atoms with E-state index in [4.69, 9.17) is 11.6 Å². The highest BCUT2D eigenvalue weighted by Gasteiger charge is 2.25. The molecule has 1 N–H and O–H groups in total. The molecule has 128 valence electrons. The zero-order chi connectivity index (χ0) is 17.1. The Hall–Kier alpha value is -1.59. The number of carbonyl (C=O) groups is 1. The van der Waals surface area contributed by atoms with Crippen molar-refractivity contribution in [3.05, 3.63) is 50.4 Å². The number of amides is 2. The van der Waals surface area contributed by atoms with Gasteiger partial charge < -0.3 is 10.2 Å². The van der Waals surface area contributed by atoms with Crippen LogP contribution in [0.15, 0.2) is 24.3 Å². The van der Waals surface area contributed by atoms with Crippen LogP contribution in [-0.2, 0) is 6.54 Å². The summed E-state index contributed by atoms with van der Waals surface area (Å²) in [5.74, 6) is 0.486. The van der Waals surface area contributed by atoms with Gasteiger partial charge in [-0.05, 0) is 44.4 Å². The highest BCUT2D eigenvalue weighted by molar-refractivity contribution is 7.11. The number of thiazole rings is 1. The molecule has 2 heterocycles. The molecule has 24 heavy (non-hydrogen) atoms. The number of halogens is 1. The number of aromatic nitrogens is 1. The van der Waals surface area contributed by atoms with E-state index >= 15 is 0 Å². The summed E-state index contributed by atoms with van der Waals surface area (Å²) in [6, 6.07) is 7.57. The lowest BCUT2D eigenvalue weighted by Crippen LogP contribution is -2.43. The average molecular weight is 364 g/mol. The number of carbonyl (C=O) groups excluding carboxylic acids is 1. The molecule has 0 saturated carbocycles. The summed E-state index contributed by atoms with van der Waals surface area (Å²) in [4.78, 5) is 20.2. The Kier molecular flexibility index (Phi) is 5.41. The Labute approximate surface area is 151 Å². The van der Waals surface area contributed by atoms with Crippen molar-refractivity contribution in [3.63, 3.8) is 0 Å². The van der Waals surface area contributed by atoms with Crippen LogP contribution in [0, 0.1) is 13.8 Å². The topological polar surface area (TPSA) is 45.2 Å². The molecular formula is C18H22ClN3OS. The first-order chi connectivity index (χ1) is 11.5. The molecule has 0 atom stereocenters. The van der Waals surface area contributed by atoms with Gasteiger partial charge in [-0.25, -0.2) is 9.78 Å². The number of aryl methyl sites for hydroxylation is 2. The third-order valence-electron chi connectivity index (χ3n) is 4.51. The van der Waals surface area contributed by atoms with Crippen molar-refractivity contribution in [2.24, 2.45) is 0 Å². The molecule has 0 unspecified atom stereocenters. The molecule has 3 rings (SSSR count). The van der Waals surface area contributed by atoms with Crippen molar-refractivity contribution in [2.75, 3.05) is 13.1 Å². The molecule has 0 spiro atoms. The molecule has 0 aliphatic carbocycles. The van der Waals surface area contributed by atoms with E-state index in [9.17, 15) is 4.79 Å². The normalized spacial score (nSPS) is 15.5. The van der Waals surface area contributed by atoms with Gasteiger partial charge >= 0.3 is 6.03 Å². The van der Waals surface area contributed by atoms with E-state index in [-0.39, 0.29) is 6.03 Å². The summed E-state index contributed by atoms with van der Waals surface area (Å²) in [5.41, 5.74) is 2.15. The maximum absolute atomic E-state index is 12.3.